The molecule has 2 amide bonds. The van der Waals surface area contributed by atoms with E-state index in [-0.39, 0.29) is 22.0 Å². The fourth-order valence-corrected chi connectivity index (χ4v) is 3.48. The molecule has 0 aromatic heterocycles. The zero-order chi connectivity index (χ0) is 16.9. The molecule has 0 fully saturated rings. The Hall–Kier alpha value is -1.80. The van der Waals surface area contributed by atoms with Crippen molar-refractivity contribution in [2.24, 2.45) is 5.73 Å². The standard InChI is InChI=1S/C13H18ClN3O4S/c1-3-6-22(20,21)17(8-12(18)16-2)9-4-5-11(14)10(7-9)13(15)19/h4-5,7H,3,6,8H2,1-2H3,(H2,15,19)(H,16,18). The highest BCUT2D eigenvalue weighted by Gasteiger charge is 2.25. The van der Waals surface area contributed by atoms with Crippen molar-refractivity contribution >= 4 is 39.1 Å². The van der Waals surface area contributed by atoms with Crippen LogP contribution in [0.2, 0.25) is 5.02 Å². The number of rotatable bonds is 7. The summed E-state index contributed by atoms with van der Waals surface area (Å²) in [7, 11) is -2.30. The van der Waals surface area contributed by atoms with E-state index < -0.39 is 28.4 Å². The predicted octanol–water partition coefficient (Wildman–Crippen LogP) is 0.731. The Labute approximate surface area is 134 Å². The second-order valence-corrected chi connectivity index (χ2v) is 6.94. The number of hydrogen-bond donors (Lipinski definition) is 2. The molecule has 0 radical (unpaired) electrons. The molecule has 22 heavy (non-hydrogen) atoms. The van der Waals surface area contributed by atoms with E-state index >= 15 is 0 Å². The van der Waals surface area contributed by atoms with Crippen LogP contribution in [0.5, 0.6) is 0 Å². The molecule has 122 valence electrons. The second-order valence-electron chi connectivity index (χ2n) is 4.52. The number of nitrogens with one attached hydrogen (secondary N) is 1. The summed E-state index contributed by atoms with van der Waals surface area (Å²) >= 11 is 5.86. The molecule has 0 saturated heterocycles. The van der Waals surface area contributed by atoms with E-state index in [0.717, 1.165) is 4.31 Å². The fraction of sp³-hybridized carbons (Fsp3) is 0.385. The molecule has 0 unspecified atom stereocenters. The molecule has 0 aliphatic heterocycles. The van der Waals surface area contributed by atoms with E-state index in [0.29, 0.717) is 6.42 Å². The number of carbonyl (C=O) groups is 2. The molecule has 3 N–H and O–H groups in total. The quantitative estimate of drug-likeness (QED) is 0.757. The predicted molar refractivity (Wildman–Crippen MR) is 85.5 cm³/mol. The van der Waals surface area contributed by atoms with Crippen LogP contribution >= 0.6 is 11.6 Å². The highest BCUT2D eigenvalue weighted by atomic mass is 35.5. The first-order valence-corrected chi connectivity index (χ1v) is 8.52. The molecule has 9 heteroatoms. The topological polar surface area (TPSA) is 110 Å². The van der Waals surface area contributed by atoms with Gasteiger partial charge < -0.3 is 11.1 Å². The summed E-state index contributed by atoms with van der Waals surface area (Å²) in [6.07, 6.45) is 0.392. The lowest BCUT2D eigenvalue weighted by molar-refractivity contribution is -0.119. The van der Waals surface area contributed by atoms with Gasteiger partial charge in [0.25, 0.3) is 0 Å². The molecular formula is C13H18ClN3O4S. The number of carbonyl (C=O) groups excluding carboxylic acids is 2. The van der Waals surface area contributed by atoms with Gasteiger partial charge >= 0.3 is 0 Å². The minimum atomic E-state index is -3.71. The molecule has 0 spiro atoms. The lowest BCUT2D eigenvalue weighted by Crippen LogP contribution is -2.41. The number of likely N-dealkylation sites (N-methyl/N-ethyl adjacent to an activating group) is 1. The Morgan fingerprint density at radius 1 is 1.36 bits per heavy atom. The number of anilines is 1. The van der Waals surface area contributed by atoms with Crippen LogP contribution in [0, 0.1) is 0 Å². The van der Waals surface area contributed by atoms with Crippen molar-refractivity contribution in [1.82, 2.24) is 5.32 Å². The SMILES string of the molecule is CCCS(=O)(=O)N(CC(=O)NC)c1ccc(Cl)c(C(N)=O)c1. The number of nitrogens with two attached hydrogens (primary N) is 1. The van der Waals surface area contributed by atoms with Gasteiger partial charge in [-0.2, -0.15) is 0 Å². The Morgan fingerprint density at radius 3 is 2.50 bits per heavy atom. The molecule has 0 atom stereocenters. The van der Waals surface area contributed by atoms with Crippen molar-refractivity contribution in [3.63, 3.8) is 0 Å². The van der Waals surface area contributed by atoms with E-state index in [1.165, 1.54) is 25.2 Å². The van der Waals surface area contributed by atoms with Crippen LogP contribution < -0.4 is 15.4 Å². The Balaban J connectivity index is 3.36. The average Bonchev–Trinajstić information content (AvgIpc) is 2.44. The minimum Gasteiger partial charge on any atom is -0.366 e. The number of hydrogen-bond acceptors (Lipinski definition) is 4. The van der Waals surface area contributed by atoms with E-state index in [9.17, 15) is 18.0 Å². The lowest BCUT2D eigenvalue weighted by atomic mass is 10.2. The van der Waals surface area contributed by atoms with Crippen molar-refractivity contribution in [2.45, 2.75) is 13.3 Å². The van der Waals surface area contributed by atoms with Gasteiger partial charge in [0.2, 0.25) is 21.8 Å². The highest BCUT2D eigenvalue weighted by molar-refractivity contribution is 7.92. The summed E-state index contributed by atoms with van der Waals surface area (Å²) in [5, 5.41) is 2.48. The zero-order valence-electron chi connectivity index (χ0n) is 12.3. The maximum atomic E-state index is 12.3. The summed E-state index contributed by atoms with van der Waals surface area (Å²) in [5.41, 5.74) is 5.36. The van der Waals surface area contributed by atoms with Gasteiger partial charge in [0.05, 0.1) is 22.0 Å². The number of amides is 2. The van der Waals surface area contributed by atoms with E-state index in [1.54, 1.807) is 6.92 Å². The van der Waals surface area contributed by atoms with Crippen molar-refractivity contribution in [3.05, 3.63) is 28.8 Å². The van der Waals surface area contributed by atoms with Crippen LogP contribution in [-0.4, -0.2) is 39.6 Å². The molecule has 0 bridgehead atoms. The normalized spacial score (nSPS) is 11.0. The van der Waals surface area contributed by atoms with Crippen molar-refractivity contribution in [2.75, 3.05) is 23.7 Å². The first-order valence-electron chi connectivity index (χ1n) is 6.53. The third kappa shape index (κ3) is 4.35. The summed E-state index contributed by atoms with van der Waals surface area (Å²) in [5.74, 6) is -1.38. The second kappa shape index (κ2) is 7.46. The number of nitrogens with zero attached hydrogens (tertiary/aromatic N) is 1. The average molecular weight is 348 g/mol. The Bertz CT molecular complexity index is 676. The highest BCUT2D eigenvalue weighted by Crippen LogP contribution is 2.25. The summed E-state index contributed by atoms with van der Waals surface area (Å²) in [4.78, 5) is 22.9. The zero-order valence-corrected chi connectivity index (χ0v) is 13.9. The maximum absolute atomic E-state index is 12.3. The summed E-state index contributed by atoms with van der Waals surface area (Å²) in [6.45, 7) is 1.32. The van der Waals surface area contributed by atoms with Gasteiger partial charge in [-0.05, 0) is 24.6 Å². The number of primary amides is 1. The molecule has 7 nitrogen and oxygen atoms in total. The molecule has 0 heterocycles. The van der Waals surface area contributed by atoms with Crippen LogP contribution in [-0.2, 0) is 14.8 Å². The summed E-state index contributed by atoms with van der Waals surface area (Å²) < 4.78 is 25.6. The Kier molecular flexibility index (Phi) is 6.19. The molecule has 1 rings (SSSR count). The maximum Gasteiger partial charge on any atom is 0.250 e. The van der Waals surface area contributed by atoms with Crippen LogP contribution in [0.4, 0.5) is 5.69 Å². The molecule has 1 aromatic rings. The third-order valence-electron chi connectivity index (χ3n) is 2.87. The molecule has 0 aliphatic carbocycles. The van der Waals surface area contributed by atoms with Crippen molar-refractivity contribution < 1.29 is 18.0 Å². The van der Waals surface area contributed by atoms with Crippen LogP contribution in [0.3, 0.4) is 0 Å². The van der Waals surface area contributed by atoms with Gasteiger partial charge in [-0.1, -0.05) is 18.5 Å². The smallest absolute Gasteiger partial charge is 0.250 e. The molecule has 1 aromatic carbocycles. The first-order chi connectivity index (χ1) is 10.2. The van der Waals surface area contributed by atoms with Gasteiger partial charge in [-0.25, -0.2) is 8.42 Å². The van der Waals surface area contributed by atoms with Crippen LogP contribution in [0.15, 0.2) is 18.2 Å². The van der Waals surface area contributed by atoms with Crippen LogP contribution in [0.25, 0.3) is 0 Å². The van der Waals surface area contributed by atoms with Gasteiger partial charge in [-0.3, -0.25) is 13.9 Å². The van der Waals surface area contributed by atoms with E-state index in [4.69, 9.17) is 17.3 Å². The third-order valence-corrected chi connectivity index (χ3v) is 5.13. The molecule has 0 saturated carbocycles. The molecule has 0 aliphatic rings. The van der Waals surface area contributed by atoms with Gasteiger partial charge in [0, 0.05) is 7.05 Å². The Morgan fingerprint density at radius 2 is 2.00 bits per heavy atom. The van der Waals surface area contributed by atoms with E-state index in [1.807, 2.05) is 0 Å². The lowest BCUT2D eigenvalue weighted by Gasteiger charge is -2.24. The van der Waals surface area contributed by atoms with Gasteiger partial charge in [-0.15, -0.1) is 0 Å². The number of halogens is 1. The number of sulfonamides is 1. The van der Waals surface area contributed by atoms with Crippen LogP contribution in [0.1, 0.15) is 23.7 Å². The van der Waals surface area contributed by atoms with Crippen molar-refractivity contribution in [3.8, 4) is 0 Å². The fourth-order valence-electron chi connectivity index (χ4n) is 1.79. The minimum absolute atomic E-state index is 0.00669. The van der Waals surface area contributed by atoms with Crippen molar-refractivity contribution in [1.29, 1.82) is 0 Å². The summed E-state index contributed by atoms with van der Waals surface area (Å²) in [6, 6.07) is 4.06. The molecular weight excluding hydrogens is 330 g/mol. The van der Waals surface area contributed by atoms with E-state index in [2.05, 4.69) is 5.32 Å². The van der Waals surface area contributed by atoms with Gasteiger partial charge in [0.15, 0.2) is 0 Å². The number of benzene rings is 1. The largest absolute Gasteiger partial charge is 0.366 e. The van der Waals surface area contributed by atoms with Gasteiger partial charge in [0.1, 0.15) is 6.54 Å². The monoisotopic (exact) mass is 347 g/mol. The first kappa shape index (κ1) is 18.2.